The van der Waals surface area contributed by atoms with Crippen molar-refractivity contribution in [2.75, 3.05) is 5.32 Å². The number of anilines is 1. The van der Waals surface area contributed by atoms with Crippen LogP contribution >= 0.6 is 11.6 Å². The molecule has 2 N–H and O–H groups in total. The summed E-state index contributed by atoms with van der Waals surface area (Å²) in [7, 11) is 0. The van der Waals surface area contributed by atoms with E-state index in [1.54, 1.807) is 36.4 Å². The van der Waals surface area contributed by atoms with Gasteiger partial charge in [-0.1, -0.05) is 54.0 Å². The second-order valence-corrected chi connectivity index (χ2v) is 7.31. The number of hydrogen-bond donors (Lipinski definition) is 2. The van der Waals surface area contributed by atoms with E-state index in [2.05, 4.69) is 10.5 Å². The first-order valence-corrected chi connectivity index (χ1v) is 10.3. The highest BCUT2D eigenvalue weighted by atomic mass is 35.5. The van der Waals surface area contributed by atoms with Crippen LogP contribution in [0.3, 0.4) is 0 Å². The molecule has 33 heavy (non-hydrogen) atoms. The summed E-state index contributed by atoms with van der Waals surface area (Å²) >= 11 is 5.91. The fraction of sp³-hybridized carbons (Fsp3) is 0.125. The number of nitrogens with one attached hydrogen (secondary N) is 2. The maximum Gasteiger partial charge on any atom is 0.326 e. The fourth-order valence-electron chi connectivity index (χ4n) is 2.88. The van der Waals surface area contributed by atoms with Crippen molar-refractivity contribution in [1.82, 2.24) is 5.32 Å². The number of urea groups is 1. The number of rotatable bonds is 7. The van der Waals surface area contributed by atoms with E-state index in [1.165, 1.54) is 0 Å². The first-order chi connectivity index (χ1) is 15.9. The molecule has 0 fully saturated rings. The van der Waals surface area contributed by atoms with Crippen molar-refractivity contribution in [3.8, 4) is 0 Å². The number of halogens is 3. The van der Waals surface area contributed by atoms with Gasteiger partial charge in [-0.15, -0.1) is 0 Å². The largest absolute Gasteiger partial charge is 0.391 e. The number of nitrogens with zero attached hydrogens (tertiary/aromatic N) is 1. The number of oxime groups is 1. The number of hydrogen-bond acceptors (Lipinski definition) is 4. The predicted octanol–water partition coefficient (Wildman–Crippen LogP) is 5.91. The van der Waals surface area contributed by atoms with Crippen molar-refractivity contribution in [2.24, 2.45) is 5.16 Å². The Hall–Kier alpha value is -3.78. The van der Waals surface area contributed by atoms with Gasteiger partial charge in [-0.05, 0) is 53.9 Å². The summed E-state index contributed by atoms with van der Waals surface area (Å²) in [5.41, 5.74) is 2.03. The minimum Gasteiger partial charge on any atom is -0.391 e. The molecule has 0 unspecified atom stereocenters. The molecule has 0 aliphatic carbocycles. The molecule has 0 bridgehead atoms. The maximum absolute atomic E-state index is 13.7. The van der Waals surface area contributed by atoms with Crippen LogP contribution in [0.5, 0.6) is 0 Å². The molecule has 3 aromatic rings. The molecule has 9 heteroatoms. The zero-order valence-electron chi connectivity index (χ0n) is 17.6. The van der Waals surface area contributed by atoms with Gasteiger partial charge in [0.15, 0.2) is 0 Å². The Labute approximate surface area is 194 Å². The van der Waals surface area contributed by atoms with Gasteiger partial charge in [-0.2, -0.15) is 0 Å². The van der Waals surface area contributed by atoms with Crippen molar-refractivity contribution < 1.29 is 23.2 Å². The van der Waals surface area contributed by atoms with Gasteiger partial charge < -0.3 is 10.2 Å². The molecule has 0 radical (unpaired) electrons. The molecule has 0 spiro atoms. The molecule has 6 nitrogen and oxygen atoms in total. The van der Waals surface area contributed by atoms with Crippen LogP contribution in [0.4, 0.5) is 19.3 Å². The summed E-state index contributed by atoms with van der Waals surface area (Å²) < 4.78 is 27.3. The summed E-state index contributed by atoms with van der Waals surface area (Å²) in [6.45, 7) is 2.17. The Bertz CT molecular complexity index is 1150. The van der Waals surface area contributed by atoms with Crippen molar-refractivity contribution in [3.63, 3.8) is 0 Å². The molecule has 0 saturated carbocycles. The van der Waals surface area contributed by atoms with E-state index in [0.717, 1.165) is 35.0 Å². The molecule has 3 aromatic carbocycles. The molecule has 170 valence electrons. The third kappa shape index (κ3) is 6.60. The summed E-state index contributed by atoms with van der Waals surface area (Å²) in [5.74, 6) is -3.30. The van der Waals surface area contributed by atoms with E-state index in [1.807, 2.05) is 24.4 Å². The van der Waals surface area contributed by atoms with Gasteiger partial charge in [-0.25, -0.2) is 13.6 Å². The monoisotopic (exact) mass is 471 g/mol. The maximum atomic E-state index is 13.7. The average Bonchev–Trinajstić information content (AvgIpc) is 2.78. The summed E-state index contributed by atoms with van der Waals surface area (Å²) in [6.07, 6.45) is 0.676. The lowest BCUT2D eigenvalue weighted by molar-refractivity contribution is 0.0959. The van der Waals surface area contributed by atoms with Crippen LogP contribution in [0.25, 0.3) is 0 Å². The number of amides is 3. The normalized spacial score (nSPS) is 11.1. The van der Waals surface area contributed by atoms with Crippen LogP contribution in [0, 0.1) is 11.6 Å². The SMILES string of the molecule is CC/C(=N/OCc1ccc(NC(=O)NC(=O)c2c(F)cccc2F)cc1)c1ccc(Cl)cc1. The number of carbonyl (C=O) groups is 2. The summed E-state index contributed by atoms with van der Waals surface area (Å²) in [4.78, 5) is 29.4. The molecule has 3 rings (SSSR count). The van der Waals surface area contributed by atoms with E-state index in [-0.39, 0.29) is 6.61 Å². The fourth-order valence-corrected chi connectivity index (χ4v) is 3.00. The van der Waals surface area contributed by atoms with E-state index in [9.17, 15) is 18.4 Å². The smallest absolute Gasteiger partial charge is 0.326 e. The Balaban J connectivity index is 1.54. The molecule has 0 saturated heterocycles. The zero-order chi connectivity index (χ0) is 23.8. The van der Waals surface area contributed by atoms with Crippen molar-refractivity contribution in [2.45, 2.75) is 20.0 Å². The minimum atomic E-state index is -1.18. The van der Waals surface area contributed by atoms with Gasteiger partial charge in [0, 0.05) is 10.7 Å². The van der Waals surface area contributed by atoms with Crippen LogP contribution < -0.4 is 10.6 Å². The molecular formula is C24H20ClF2N3O3. The van der Waals surface area contributed by atoms with Crippen molar-refractivity contribution in [3.05, 3.63) is 100 Å². The first-order valence-electron chi connectivity index (χ1n) is 9.97. The second-order valence-electron chi connectivity index (χ2n) is 6.87. The molecule has 0 aliphatic heterocycles. The molecule has 3 amide bonds. The van der Waals surface area contributed by atoms with Crippen LogP contribution in [0.1, 0.15) is 34.8 Å². The lowest BCUT2D eigenvalue weighted by Crippen LogP contribution is -2.35. The van der Waals surface area contributed by atoms with E-state index >= 15 is 0 Å². The third-order valence-corrected chi connectivity index (χ3v) is 4.80. The third-order valence-electron chi connectivity index (χ3n) is 4.55. The molecule has 0 heterocycles. The summed E-state index contributed by atoms with van der Waals surface area (Å²) in [5, 5.41) is 9.14. The van der Waals surface area contributed by atoms with E-state index in [0.29, 0.717) is 17.1 Å². The van der Waals surface area contributed by atoms with Crippen molar-refractivity contribution >= 4 is 34.9 Å². The highest BCUT2D eigenvalue weighted by molar-refractivity contribution is 6.30. The van der Waals surface area contributed by atoms with Crippen LogP contribution in [-0.4, -0.2) is 17.6 Å². The first kappa shape index (κ1) is 23.9. The topological polar surface area (TPSA) is 79.8 Å². The summed E-state index contributed by atoms with van der Waals surface area (Å²) in [6, 6.07) is 16.0. The molecule has 0 aliphatic rings. The lowest BCUT2D eigenvalue weighted by Gasteiger charge is -2.09. The number of carbonyl (C=O) groups excluding carboxylic acids is 2. The highest BCUT2D eigenvalue weighted by Gasteiger charge is 2.19. The van der Waals surface area contributed by atoms with Gasteiger partial charge in [0.2, 0.25) is 0 Å². The zero-order valence-corrected chi connectivity index (χ0v) is 18.3. The Morgan fingerprint density at radius 1 is 0.970 bits per heavy atom. The van der Waals surface area contributed by atoms with Gasteiger partial charge in [0.25, 0.3) is 5.91 Å². The Morgan fingerprint density at radius 3 is 2.21 bits per heavy atom. The number of benzene rings is 3. The van der Waals surface area contributed by atoms with Gasteiger partial charge >= 0.3 is 6.03 Å². The average molecular weight is 472 g/mol. The second kappa shape index (κ2) is 11.2. The van der Waals surface area contributed by atoms with Gasteiger partial charge in [0.05, 0.1) is 5.71 Å². The van der Waals surface area contributed by atoms with Crippen LogP contribution in [-0.2, 0) is 11.4 Å². The lowest BCUT2D eigenvalue weighted by atomic mass is 10.1. The van der Waals surface area contributed by atoms with E-state index in [4.69, 9.17) is 16.4 Å². The standard InChI is InChI=1S/C24H20ClF2N3O3/c1-2-21(16-8-10-17(25)11-9-16)30-33-14-15-6-12-18(13-7-15)28-24(32)29-23(31)22-19(26)4-3-5-20(22)27/h3-13H,2,14H2,1H3,(H2,28,29,31,32)/b30-21-. The molecular weight excluding hydrogens is 452 g/mol. The van der Waals surface area contributed by atoms with E-state index < -0.39 is 29.1 Å². The Kier molecular flexibility index (Phi) is 8.10. The quantitative estimate of drug-likeness (QED) is 0.332. The van der Waals surface area contributed by atoms with Gasteiger partial charge in [0.1, 0.15) is 23.8 Å². The van der Waals surface area contributed by atoms with Gasteiger partial charge in [-0.3, -0.25) is 10.1 Å². The van der Waals surface area contributed by atoms with Crippen LogP contribution in [0.15, 0.2) is 71.9 Å². The Morgan fingerprint density at radius 2 is 1.61 bits per heavy atom. The van der Waals surface area contributed by atoms with Crippen molar-refractivity contribution in [1.29, 1.82) is 0 Å². The molecule has 0 atom stereocenters. The molecule has 0 aromatic heterocycles. The van der Waals surface area contributed by atoms with Crippen LogP contribution in [0.2, 0.25) is 5.02 Å². The predicted molar refractivity (Wildman–Crippen MR) is 122 cm³/mol. The number of imide groups is 1. The minimum absolute atomic E-state index is 0.203. The highest BCUT2D eigenvalue weighted by Crippen LogP contribution is 2.15.